The van der Waals surface area contributed by atoms with Gasteiger partial charge in [-0.3, -0.25) is 5.01 Å². The van der Waals surface area contributed by atoms with Crippen LogP contribution < -0.4 is 5.32 Å². The highest BCUT2D eigenvalue weighted by molar-refractivity contribution is 5.90. The van der Waals surface area contributed by atoms with Gasteiger partial charge >= 0.3 is 12.1 Å². The van der Waals surface area contributed by atoms with Crippen LogP contribution in [0.15, 0.2) is 66.0 Å². The molecule has 0 aromatic heterocycles. The zero-order valence-electron chi connectivity index (χ0n) is 21.8. The fraction of sp³-hybridized carbons (Fsp3) is 0.483. The van der Waals surface area contributed by atoms with Gasteiger partial charge in [-0.15, -0.1) is 0 Å². The number of nitrogens with one attached hydrogen (secondary N) is 1. The molecule has 3 unspecified atom stereocenters. The van der Waals surface area contributed by atoms with Crippen molar-refractivity contribution in [3.8, 4) is 0 Å². The molecule has 0 bridgehead atoms. The van der Waals surface area contributed by atoms with E-state index in [1.54, 1.807) is 0 Å². The van der Waals surface area contributed by atoms with Crippen LogP contribution in [0.3, 0.4) is 0 Å². The van der Waals surface area contributed by atoms with Crippen LogP contribution in [0.5, 0.6) is 0 Å². The van der Waals surface area contributed by atoms with E-state index in [-0.39, 0.29) is 23.1 Å². The van der Waals surface area contributed by atoms with Crippen molar-refractivity contribution in [2.45, 2.75) is 83.1 Å². The molecule has 0 radical (unpaired) electrons. The summed E-state index contributed by atoms with van der Waals surface area (Å²) >= 11 is 0. The third-order valence-electron chi connectivity index (χ3n) is 7.46. The lowest BCUT2D eigenvalue weighted by atomic mass is 9.83. The van der Waals surface area contributed by atoms with Crippen molar-refractivity contribution >= 4 is 5.97 Å². The maximum Gasteiger partial charge on any atom is 0.416 e. The van der Waals surface area contributed by atoms with Gasteiger partial charge in [-0.2, -0.15) is 13.2 Å². The molecule has 8 heteroatoms. The van der Waals surface area contributed by atoms with Crippen molar-refractivity contribution in [3.63, 3.8) is 0 Å². The Hall–Kier alpha value is -3.00. The molecule has 1 fully saturated rings. The van der Waals surface area contributed by atoms with Gasteiger partial charge in [-0.25, -0.2) is 9.80 Å². The van der Waals surface area contributed by atoms with Crippen molar-refractivity contribution in [2.24, 2.45) is 0 Å². The van der Waals surface area contributed by atoms with Gasteiger partial charge in [0.05, 0.1) is 28.8 Å². The molecule has 200 valence electrons. The second kappa shape index (κ2) is 10.4. The summed E-state index contributed by atoms with van der Waals surface area (Å²) in [4.78, 5) is 12.9. The van der Waals surface area contributed by atoms with Crippen LogP contribution in [0.4, 0.5) is 13.2 Å². The summed E-state index contributed by atoms with van der Waals surface area (Å²) in [5.41, 5.74) is 0.998. The number of carboxylic acids is 1. The molecule has 2 N–H and O–H groups in total. The molecular weight excluding hydrogens is 479 g/mol. The normalized spacial score (nSPS) is 22.5. The first-order valence-corrected chi connectivity index (χ1v) is 13.0. The number of fused-ring (bicyclic) bond motifs is 1. The predicted molar refractivity (Wildman–Crippen MR) is 137 cm³/mol. The number of carbonyl (C=O) groups is 1. The van der Waals surface area contributed by atoms with Gasteiger partial charge in [0.15, 0.2) is 0 Å². The SMILES string of the molecule is CCCC(c1ccc(C(F)(F)F)cc1)C1C(C(=O)O)=C2NC(c3ccccc3)CC(C)(C)N2N1CCC. The number of carboxylic acid groups (broad SMARTS) is 1. The lowest BCUT2D eigenvalue weighted by Crippen LogP contribution is -2.59. The Morgan fingerprint density at radius 1 is 1.08 bits per heavy atom. The van der Waals surface area contributed by atoms with Crippen molar-refractivity contribution in [2.75, 3.05) is 6.54 Å². The van der Waals surface area contributed by atoms with E-state index < -0.39 is 23.8 Å². The van der Waals surface area contributed by atoms with Gasteiger partial charge < -0.3 is 10.4 Å². The maximum atomic E-state index is 13.3. The Bertz CT molecular complexity index is 1130. The van der Waals surface area contributed by atoms with Gasteiger partial charge in [0.25, 0.3) is 0 Å². The van der Waals surface area contributed by atoms with E-state index in [1.807, 2.05) is 37.3 Å². The average molecular weight is 516 g/mol. The monoisotopic (exact) mass is 515 g/mol. The second-order valence-electron chi connectivity index (χ2n) is 10.6. The number of benzene rings is 2. The molecule has 0 saturated carbocycles. The lowest BCUT2D eigenvalue weighted by molar-refractivity contribution is -0.137. The van der Waals surface area contributed by atoms with E-state index in [2.05, 4.69) is 36.1 Å². The fourth-order valence-corrected chi connectivity index (χ4v) is 5.98. The maximum absolute atomic E-state index is 13.3. The van der Waals surface area contributed by atoms with Crippen molar-refractivity contribution in [1.29, 1.82) is 0 Å². The Labute approximate surface area is 216 Å². The molecule has 2 aromatic carbocycles. The number of hydrogen-bond acceptors (Lipinski definition) is 4. The Balaban J connectivity index is 1.84. The van der Waals surface area contributed by atoms with Crippen LogP contribution in [0.25, 0.3) is 0 Å². The number of hydrogen-bond donors (Lipinski definition) is 2. The third kappa shape index (κ3) is 5.21. The highest BCUT2D eigenvalue weighted by Gasteiger charge is 2.53. The quantitative estimate of drug-likeness (QED) is 0.409. The summed E-state index contributed by atoms with van der Waals surface area (Å²) in [7, 11) is 0. The van der Waals surface area contributed by atoms with Crippen molar-refractivity contribution in [1.82, 2.24) is 15.3 Å². The summed E-state index contributed by atoms with van der Waals surface area (Å²) in [6.45, 7) is 8.96. The number of nitrogens with zero attached hydrogens (tertiary/aromatic N) is 2. The Morgan fingerprint density at radius 3 is 2.27 bits per heavy atom. The van der Waals surface area contributed by atoms with Crippen LogP contribution in [0, 0.1) is 0 Å². The first kappa shape index (κ1) is 27.0. The lowest BCUT2D eigenvalue weighted by Gasteiger charge is -2.51. The minimum atomic E-state index is -4.42. The molecule has 0 spiro atoms. The summed E-state index contributed by atoms with van der Waals surface area (Å²) in [5.74, 6) is -0.700. The molecule has 2 aliphatic rings. The number of hydrazine groups is 1. The smallest absolute Gasteiger partial charge is 0.416 e. The van der Waals surface area contributed by atoms with Crippen LogP contribution in [0.2, 0.25) is 0 Å². The molecule has 0 amide bonds. The van der Waals surface area contributed by atoms with Crippen LogP contribution in [-0.4, -0.2) is 39.2 Å². The molecule has 4 rings (SSSR count). The van der Waals surface area contributed by atoms with Gasteiger partial charge in [0.1, 0.15) is 5.82 Å². The molecule has 3 atom stereocenters. The van der Waals surface area contributed by atoms with Crippen LogP contribution in [-0.2, 0) is 11.0 Å². The predicted octanol–water partition coefficient (Wildman–Crippen LogP) is 6.71. The second-order valence-corrected chi connectivity index (χ2v) is 10.6. The zero-order chi connectivity index (χ0) is 27.0. The Morgan fingerprint density at radius 2 is 1.73 bits per heavy atom. The van der Waals surface area contributed by atoms with Crippen molar-refractivity contribution < 1.29 is 23.1 Å². The number of alkyl halides is 3. The average Bonchev–Trinajstić information content (AvgIpc) is 3.17. The van der Waals surface area contributed by atoms with Gasteiger partial charge in [-0.05, 0) is 56.4 Å². The molecule has 5 nitrogen and oxygen atoms in total. The minimum absolute atomic E-state index is 0.0604. The zero-order valence-corrected chi connectivity index (χ0v) is 21.8. The largest absolute Gasteiger partial charge is 0.478 e. The summed E-state index contributed by atoms with van der Waals surface area (Å²) in [6.07, 6.45) is -1.43. The van der Waals surface area contributed by atoms with E-state index in [4.69, 9.17) is 0 Å². The fourth-order valence-electron chi connectivity index (χ4n) is 5.98. The third-order valence-corrected chi connectivity index (χ3v) is 7.46. The summed E-state index contributed by atoms with van der Waals surface area (Å²) in [5, 5.41) is 18.4. The first-order valence-electron chi connectivity index (χ1n) is 13.0. The van der Waals surface area contributed by atoms with Gasteiger partial charge in [-0.1, -0.05) is 62.7 Å². The topological polar surface area (TPSA) is 55.8 Å². The molecule has 1 saturated heterocycles. The summed E-state index contributed by atoms with van der Waals surface area (Å²) in [6, 6.07) is 14.7. The van der Waals surface area contributed by atoms with Crippen LogP contribution in [0.1, 0.15) is 82.0 Å². The number of aliphatic carboxylic acids is 1. The van der Waals surface area contributed by atoms with Gasteiger partial charge in [0, 0.05) is 12.5 Å². The standard InChI is InChI=1S/C29H36F3N3O2/c1-5-10-22(19-13-15-21(16-14-19)29(30,31)32)25-24(27(36)37)26-33-23(20-11-8-7-9-12-20)18-28(3,4)35(26)34(25)17-6-2/h7-9,11-16,22-23,25,33H,5-6,10,17-18H2,1-4H3,(H,36,37). The van der Waals surface area contributed by atoms with E-state index >= 15 is 0 Å². The molecule has 2 aromatic rings. The van der Waals surface area contributed by atoms with Crippen molar-refractivity contribution in [3.05, 3.63) is 82.7 Å². The highest BCUT2D eigenvalue weighted by atomic mass is 19.4. The van der Waals surface area contributed by atoms with E-state index in [0.29, 0.717) is 18.8 Å². The molecule has 37 heavy (non-hydrogen) atoms. The number of rotatable bonds is 8. The Kier molecular flexibility index (Phi) is 7.60. The molecule has 0 aliphatic carbocycles. The van der Waals surface area contributed by atoms with E-state index in [9.17, 15) is 23.1 Å². The summed E-state index contributed by atoms with van der Waals surface area (Å²) < 4.78 is 39.8. The first-order chi connectivity index (χ1) is 17.5. The van der Waals surface area contributed by atoms with E-state index in [0.717, 1.165) is 42.5 Å². The van der Waals surface area contributed by atoms with Gasteiger partial charge in [0.2, 0.25) is 0 Å². The van der Waals surface area contributed by atoms with E-state index in [1.165, 1.54) is 12.1 Å². The number of halogens is 3. The highest BCUT2D eigenvalue weighted by Crippen LogP contribution is 2.48. The van der Waals surface area contributed by atoms with Crippen LogP contribution >= 0.6 is 0 Å². The molecule has 2 aliphatic heterocycles. The molecular formula is C29H36F3N3O2. The molecule has 2 heterocycles. The minimum Gasteiger partial charge on any atom is -0.478 e.